The number of aliphatic hydroxyl groups is 1. The van der Waals surface area contributed by atoms with E-state index in [-0.39, 0.29) is 25.0 Å². The number of para-hydroxylation sites is 1. The Morgan fingerprint density at radius 1 is 1.16 bits per heavy atom. The van der Waals surface area contributed by atoms with Crippen LogP contribution in [0.15, 0.2) is 48.5 Å². The number of nitrogens with zero attached hydrogens (tertiary/aromatic N) is 2. The summed E-state index contributed by atoms with van der Waals surface area (Å²) in [6, 6.07) is 15.2. The van der Waals surface area contributed by atoms with Gasteiger partial charge in [0.25, 0.3) is 0 Å². The van der Waals surface area contributed by atoms with Crippen LogP contribution in [0.4, 0.5) is 8.78 Å². The van der Waals surface area contributed by atoms with Crippen LogP contribution in [0.1, 0.15) is 25.1 Å². The number of nitrogens with one attached hydrogen (secondary N) is 1. The Morgan fingerprint density at radius 3 is 2.62 bits per heavy atom. The van der Waals surface area contributed by atoms with Gasteiger partial charge in [0.05, 0.1) is 6.67 Å². The molecule has 0 unspecified atom stereocenters. The van der Waals surface area contributed by atoms with Crippen LogP contribution >= 0.6 is 0 Å². The van der Waals surface area contributed by atoms with Crippen molar-refractivity contribution in [2.45, 2.75) is 32.9 Å². The molecule has 1 aromatic heterocycles. The molecule has 0 amide bonds. The topological polar surface area (TPSA) is 51.7 Å². The molecule has 2 N–H and O–H groups in total. The van der Waals surface area contributed by atoms with Crippen LogP contribution in [0.5, 0.6) is 5.75 Å². The minimum Gasteiger partial charge on any atom is -0.492 e. The summed E-state index contributed by atoms with van der Waals surface area (Å²) in [6.07, 6.45) is 9.09. The fourth-order valence-electron chi connectivity index (χ4n) is 4.92. The fraction of sp³-hybridized carbons (Fsp3) is 0.467. The molecular formula is C30H39F2N3O2. The largest absolute Gasteiger partial charge is 0.492 e. The van der Waals surface area contributed by atoms with E-state index in [2.05, 4.69) is 65.7 Å². The normalized spacial score (nSPS) is 18.5. The molecule has 3 aromatic rings. The highest BCUT2D eigenvalue weighted by Gasteiger charge is 2.27. The maximum Gasteiger partial charge on any atom is 0.126 e. The van der Waals surface area contributed by atoms with Crippen molar-refractivity contribution in [2.24, 2.45) is 11.8 Å². The zero-order chi connectivity index (χ0) is 26.8. The van der Waals surface area contributed by atoms with Gasteiger partial charge in [0.1, 0.15) is 18.2 Å². The molecule has 2 aliphatic rings. The van der Waals surface area contributed by atoms with E-state index in [0.29, 0.717) is 24.3 Å². The van der Waals surface area contributed by atoms with Crippen molar-refractivity contribution in [1.29, 1.82) is 0 Å². The molecule has 2 aliphatic heterocycles. The van der Waals surface area contributed by atoms with E-state index in [0.717, 1.165) is 39.1 Å². The van der Waals surface area contributed by atoms with Gasteiger partial charge in [-0.15, -0.1) is 12.8 Å². The standard InChI is InChI=1S/C16H22N2O.C12H15F2NO.C2H2/c1-11(10-19)8-18-9-16-14(7-12(18)2)13-5-3-4-6-15(13)17-16;13-7-10-8-15(9-10)4-5-16-12-3-1-2-11(14)6-12;1-2/h3-6,11-12,17,19H,7-10H2,1-2H3;1-3,6,10H,4-5,7-9H2;1-2H/t11-,12-;;/m1../s1. The zero-order valence-corrected chi connectivity index (χ0v) is 21.9. The molecule has 0 radical (unpaired) electrons. The lowest BCUT2D eigenvalue weighted by atomic mass is 9.96. The van der Waals surface area contributed by atoms with Crippen molar-refractivity contribution in [2.75, 3.05) is 46.1 Å². The number of rotatable bonds is 8. The summed E-state index contributed by atoms with van der Waals surface area (Å²) in [5.74, 6) is 0.795. The summed E-state index contributed by atoms with van der Waals surface area (Å²) in [6.45, 7) is 9.26. The van der Waals surface area contributed by atoms with E-state index in [1.807, 2.05) is 0 Å². The summed E-state index contributed by atoms with van der Waals surface area (Å²) in [7, 11) is 0. The minimum atomic E-state index is -0.293. The molecular weight excluding hydrogens is 472 g/mol. The Labute approximate surface area is 219 Å². The van der Waals surface area contributed by atoms with E-state index >= 15 is 0 Å². The van der Waals surface area contributed by atoms with Crippen molar-refractivity contribution in [1.82, 2.24) is 14.8 Å². The lowest BCUT2D eigenvalue weighted by molar-refractivity contribution is 0.0668. The number of benzene rings is 2. The van der Waals surface area contributed by atoms with Gasteiger partial charge < -0.3 is 14.8 Å². The monoisotopic (exact) mass is 511 g/mol. The summed E-state index contributed by atoms with van der Waals surface area (Å²) in [5.41, 5.74) is 4.08. The molecule has 0 aliphatic carbocycles. The van der Waals surface area contributed by atoms with E-state index in [1.54, 1.807) is 12.1 Å². The molecule has 5 rings (SSSR count). The molecule has 200 valence electrons. The maximum atomic E-state index is 12.8. The molecule has 37 heavy (non-hydrogen) atoms. The molecule has 3 heterocycles. The van der Waals surface area contributed by atoms with Gasteiger partial charge in [-0.2, -0.15) is 0 Å². The maximum absolute atomic E-state index is 12.8. The van der Waals surface area contributed by atoms with Crippen molar-refractivity contribution < 1.29 is 18.6 Å². The van der Waals surface area contributed by atoms with Crippen molar-refractivity contribution in [3.05, 3.63) is 65.6 Å². The Morgan fingerprint density at radius 2 is 1.92 bits per heavy atom. The van der Waals surface area contributed by atoms with E-state index in [9.17, 15) is 13.9 Å². The van der Waals surface area contributed by atoms with Gasteiger partial charge in [0.2, 0.25) is 0 Å². The number of hydrogen-bond donors (Lipinski definition) is 2. The van der Waals surface area contributed by atoms with Gasteiger partial charge >= 0.3 is 0 Å². The third-order valence-electron chi connectivity index (χ3n) is 6.97. The van der Waals surface area contributed by atoms with E-state index < -0.39 is 0 Å². The second kappa shape index (κ2) is 14.1. The number of hydrogen-bond acceptors (Lipinski definition) is 4. The highest BCUT2D eigenvalue weighted by molar-refractivity contribution is 5.84. The number of aliphatic hydroxyl groups excluding tert-OH is 1. The Kier molecular flexibility index (Phi) is 10.9. The lowest BCUT2D eigenvalue weighted by Gasteiger charge is -2.37. The number of aromatic nitrogens is 1. The Balaban J connectivity index is 0.000000195. The number of alkyl halides is 1. The van der Waals surface area contributed by atoms with Crippen molar-refractivity contribution >= 4 is 10.9 Å². The minimum absolute atomic E-state index is 0.203. The molecule has 2 aromatic carbocycles. The predicted molar refractivity (Wildman–Crippen MR) is 146 cm³/mol. The molecule has 0 bridgehead atoms. The summed E-state index contributed by atoms with van der Waals surface area (Å²) in [4.78, 5) is 8.15. The third-order valence-corrected chi connectivity index (χ3v) is 6.97. The van der Waals surface area contributed by atoms with Gasteiger partial charge in [-0.3, -0.25) is 14.2 Å². The third kappa shape index (κ3) is 7.78. The van der Waals surface area contributed by atoms with Crippen LogP contribution in [0.25, 0.3) is 10.9 Å². The first-order chi connectivity index (χ1) is 18.0. The van der Waals surface area contributed by atoms with E-state index in [4.69, 9.17) is 4.74 Å². The van der Waals surface area contributed by atoms with Crippen LogP contribution in [-0.2, 0) is 13.0 Å². The van der Waals surface area contributed by atoms with Crippen LogP contribution in [0, 0.1) is 30.5 Å². The first-order valence-corrected chi connectivity index (χ1v) is 12.9. The van der Waals surface area contributed by atoms with Crippen LogP contribution < -0.4 is 4.74 Å². The molecule has 5 nitrogen and oxygen atoms in total. The van der Waals surface area contributed by atoms with Gasteiger partial charge in [0, 0.05) is 74.0 Å². The predicted octanol–water partition coefficient (Wildman–Crippen LogP) is 4.90. The van der Waals surface area contributed by atoms with Gasteiger partial charge in [0.15, 0.2) is 0 Å². The second-order valence-corrected chi connectivity index (χ2v) is 9.98. The lowest BCUT2D eigenvalue weighted by Crippen LogP contribution is -2.49. The number of terminal acetylenes is 1. The fourth-order valence-corrected chi connectivity index (χ4v) is 4.92. The Bertz CT molecular complexity index is 1130. The highest BCUT2D eigenvalue weighted by Crippen LogP contribution is 2.30. The number of ether oxygens (including phenoxy) is 1. The Hall–Kier alpha value is -2.92. The van der Waals surface area contributed by atoms with Crippen LogP contribution in [0.2, 0.25) is 0 Å². The second-order valence-electron chi connectivity index (χ2n) is 9.98. The molecule has 0 saturated carbocycles. The molecule has 1 saturated heterocycles. The van der Waals surface area contributed by atoms with Crippen LogP contribution in [-0.4, -0.2) is 72.0 Å². The highest BCUT2D eigenvalue weighted by atomic mass is 19.1. The average Bonchev–Trinajstić information content (AvgIpc) is 3.24. The first kappa shape index (κ1) is 28.6. The quantitative estimate of drug-likeness (QED) is 0.423. The molecule has 2 atom stereocenters. The molecule has 0 spiro atoms. The van der Waals surface area contributed by atoms with E-state index in [1.165, 1.54) is 34.3 Å². The average molecular weight is 512 g/mol. The zero-order valence-electron chi connectivity index (χ0n) is 21.9. The van der Waals surface area contributed by atoms with Crippen LogP contribution in [0.3, 0.4) is 0 Å². The number of likely N-dealkylation sites (tertiary alicyclic amines) is 1. The van der Waals surface area contributed by atoms with Crippen molar-refractivity contribution in [3.63, 3.8) is 0 Å². The number of halogens is 2. The summed E-state index contributed by atoms with van der Waals surface area (Å²) < 4.78 is 30.3. The smallest absolute Gasteiger partial charge is 0.126 e. The van der Waals surface area contributed by atoms with Gasteiger partial charge in [-0.1, -0.05) is 31.2 Å². The molecule has 1 fully saturated rings. The number of H-pyrrole nitrogens is 1. The summed E-state index contributed by atoms with van der Waals surface area (Å²) in [5, 5.41) is 10.6. The van der Waals surface area contributed by atoms with Gasteiger partial charge in [-0.25, -0.2) is 4.39 Å². The molecule has 7 heteroatoms. The number of fused-ring (bicyclic) bond motifs is 3. The summed E-state index contributed by atoms with van der Waals surface area (Å²) >= 11 is 0. The first-order valence-electron chi connectivity index (χ1n) is 12.9. The van der Waals surface area contributed by atoms with Gasteiger partial charge in [-0.05, 0) is 43.0 Å². The SMILES string of the molecule is C#C.C[C@@H](CO)CN1Cc2[nH]c3ccccc3c2C[C@H]1C.FCC1CN(CCOc2cccc(F)c2)C1. The number of aromatic amines is 1. The van der Waals surface area contributed by atoms with Crippen molar-refractivity contribution in [3.8, 4) is 18.6 Å².